The van der Waals surface area contributed by atoms with Gasteiger partial charge in [-0.1, -0.05) is 12.5 Å². The zero-order valence-electron chi connectivity index (χ0n) is 17.2. The van der Waals surface area contributed by atoms with E-state index in [2.05, 4.69) is 5.32 Å². The number of carbonyl (C=O) groups excluding carboxylic acids is 1. The number of ether oxygens (including phenoxy) is 1. The lowest BCUT2D eigenvalue weighted by atomic mass is 9.91. The predicted molar refractivity (Wildman–Crippen MR) is 107 cm³/mol. The van der Waals surface area contributed by atoms with Crippen molar-refractivity contribution >= 4 is 18.9 Å². The summed E-state index contributed by atoms with van der Waals surface area (Å²) in [5.74, 6) is -0.668. The zero-order valence-corrected chi connectivity index (χ0v) is 18.1. The summed E-state index contributed by atoms with van der Waals surface area (Å²) >= 11 is 0. The molecule has 9 heteroatoms. The van der Waals surface area contributed by atoms with Crippen molar-refractivity contribution in [2.45, 2.75) is 69.2 Å². The fourth-order valence-corrected chi connectivity index (χ4v) is 7.27. The van der Waals surface area contributed by atoms with Gasteiger partial charge in [0.25, 0.3) is 0 Å². The molecule has 1 aromatic rings. The van der Waals surface area contributed by atoms with Gasteiger partial charge in [-0.25, -0.2) is 4.79 Å². The SMILES string of the molecule is CC1(C)OC2(CCCCC2)N(C(=O)Nc2cccc(C(F)(F)F)c2)C1P(C)(C)=O. The lowest BCUT2D eigenvalue weighted by Crippen LogP contribution is -2.54. The summed E-state index contributed by atoms with van der Waals surface area (Å²) in [7, 11) is -2.82. The average Bonchev–Trinajstić information content (AvgIpc) is 2.81. The van der Waals surface area contributed by atoms with Crippen LogP contribution in [0.1, 0.15) is 51.5 Å². The highest BCUT2D eigenvalue weighted by Crippen LogP contribution is 2.59. The van der Waals surface area contributed by atoms with Crippen molar-refractivity contribution in [2.75, 3.05) is 18.6 Å². The minimum absolute atomic E-state index is 0.0429. The van der Waals surface area contributed by atoms with Crippen LogP contribution < -0.4 is 5.32 Å². The maximum Gasteiger partial charge on any atom is 0.416 e. The average molecular weight is 432 g/mol. The van der Waals surface area contributed by atoms with Crippen molar-refractivity contribution in [3.05, 3.63) is 29.8 Å². The number of nitrogens with one attached hydrogen (secondary N) is 1. The standard InChI is InChI=1S/C20H28F3N2O3P/c1-18(2)16(29(3,4)27)25(19(28-18)11-6-5-7-12-19)17(26)24-15-10-8-9-14(13-15)20(21,22)23/h8-10,13,16H,5-7,11-12H2,1-4H3,(H,24,26). The van der Waals surface area contributed by atoms with Gasteiger partial charge in [0.1, 0.15) is 18.6 Å². The van der Waals surface area contributed by atoms with E-state index < -0.39 is 42.0 Å². The molecule has 5 nitrogen and oxygen atoms in total. The number of nitrogens with zero attached hydrogens (tertiary/aromatic N) is 1. The molecule has 162 valence electrons. The third kappa shape index (κ3) is 4.33. The van der Waals surface area contributed by atoms with Gasteiger partial charge in [-0.15, -0.1) is 0 Å². The second kappa shape index (κ2) is 7.31. The van der Waals surface area contributed by atoms with Gasteiger partial charge in [0.2, 0.25) is 0 Å². The van der Waals surface area contributed by atoms with Gasteiger partial charge in [-0.2, -0.15) is 13.2 Å². The Morgan fingerprint density at radius 3 is 2.38 bits per heavy atom. The molecule has 0 radical (unpaired) electrons. The first-order chi connectivity index (χ1) is 13.3. The smallest absolute Gasteiger partial charge is 0.347 e. The molecule has 1 aliphatic heterocycles. The molecule has 29 heavy (non-hydrogen) atoms. The largest absolute Gasteiger partial charge is 0.416 e. The van der Waals surface area contributed by atoms with Crippen LogP contribution in [-0.2, 0) is 15.5 Å². The van der Waals surface area contributed by atoms with Crippen molar-refractivity contribution < 1.29 is 27.3 Å². The monoisotopic (exact) mass is 432 g/mol. The number of urea groups is 1. The molecule has 1 unspecified atom stereocenters. The van der Waals surface area contributed by atoms with Crippen LogP contribution in [0.5, 0.6) is 0 Å². The van der Waals surface area contributed by atoms with E-state index in [9.17, 15) is 22.5 Å². The van der Waals surface area contributed by atoms with Gasteiger partial charge in [-0.05, 0) is 71.1 Å². The molecule has 1 atom stereocenters. The van der Waals surface area contributed by atoms with E-state index in [1.807, 2.05) is 13.8 Å². The van der Waals surface area contributed by atoms with E-state index in [1.54, 1.807) is 13.3 Å². The first-order valence-electron chi connectivity index (χ1n) is 9.79. The van der Waals surface area contributed by atoms with E-state index >= 15 is 0 Å². The number of rotatable bonds is 2. The number of halogens is 3. The van der Waals surface area contributed by atoms with Gasteiger partial charge in [0, 0.05) is 5.69 Å². The number of anilines is 1. The Balaban J connectivity index is 1.98. The lowest BCUT2D eigenvalue weighted by molar-refractivity contribution is -0.138. The van der Waals surface area contributed by atoms with Crippen molar-refractivity contribution in [1.29, 1.82) is 0 Å². The third-order valence-corrected chi connectivity index (χ3v) is 7.67. The molecular weight excluding hydrogens is 404 g/mol. The summed E-state index contributed by atoms with van der Waals surface area (Å²) in [5.41, 5.74) is -2.52. The summed E-state index contributed by atoms with van der Waals surface area (Å²) in [6.45, 7) is 6.89. The fourth-order valence-electron chi connectivity index (χ4n) is 4.85. The molecule has 0 aromatic heterocycles. The molecule has 2 fully saturated rings. The van der Waals surface area contributed by atoms with E-state index in [1.165, 1.54) is 17.0 Å². The first-order valence-corrected chi connectivity index (χ1v) is 12.5. The van der Waals surface area contributed by atoms with Gasteiger partial charge < -0.3 is 14.6 Å². The molecule has 1 heterocycles. The second-order valence-electron chi connectivity index (χ2n) is 8.90. The summed E-state index contributed by atoms with van der Waals surface area (Å²) in [6, 6.07) is 3.94. The van der Waals surface area contributed by atoms with Crippen LogP contribution in [0, 0.1) is 0 Å². The highest BCUT2D eigenvalue weighted by molar-refractivity contribution is 7.63. The van der Waals surface area contributed by atoms with E-state index in [-0.39, 0.29) is 5.69 Å². The lowest BCUT2D eigenvalue weighted by Gasteiger charge is -2.42. The van der Waals surface area contributed by atoms with Gasteiger partial charge >= 0.3 is 12.2 Å². The number of hydrogen-bond donors (Lipinski definition) is 1. The highest BCUT2D eigenvalue weighted by Gasteiger charge is 2.62. The van der Waals surface area contributed by atoms with E-state index in [0.717, 1.165) is 31.4 Å². The molecule has 0 bridgehead atoms. The number of alkyl halides is 3. The molecule has 2 aliphatic rings. The van der Waals surface area contributed by atoms with Crippen molar-refractivity contribution in [3.63, 3.8) is 0 Å². The van der Waals surface area contributed by atoms with E-state index in [4.69, 9.17) is 4.74 Å². The van der Waals surface area contributed by atoms with Gasteiger partial charge in [-0.3, -0.25) is 4.90 Å². The Morgan fingerprint density at radius 1 is 1.21 bits per heavy atom. The van der Waals surface area contributed by atoms with Crippen LogP contribution in [0.3, 0.4) is 0 Å². The van der Waals surface area contributed by atoms with Gasteiger partial charge in [0.15, 0.2) is 0 Å². The molecule has 1 N–H and O–H groups in total. The van der Waals surface area contributed by atoms with Crippen LogP contribution in [-0.4, -0.2) is 41.4 Å². The minimum Gasteiger partial charge on any atom is -0.347 e. The van der Waals surface area contributed by atoms with Crippen LogP contribution in [0.4, 0.5) is 23.7 Å². The molecule has 1 saturated carbocycles. The van der Waals surface area contributed by atoms with Crippen molar-refractivity contribution in [3.8, 4) is 0 Å². The minimum atomic E-state index is -4.50. The summed E-state index contributed by atoms with van der Waals surface area (Å²) in [4.78, 5) is 14.8. The predicted octanol–water partition coefficient (Wildman–Crippen LogP) is 5.96. The van der Waals surface area contributed by atoms with Gasteiger partial charge in [0.05, 0.1) is 11.2 Å². The molecule has 2 amide bonds. The quantitative estimate of drug-likeness (QED) is 0.587. The molecular formula is C20H28F3N2O3P. The number of benzene rings is 1. The highest BCUT2D eigenvalue weighted by atomic mass is 31.2. The number of carbonyl (C=O) groups is 1. The Hall–Kier alpha value is -1.53. The Bertz CT molecular complexity index is 829. The molecule has 1 aliphatic carbocycles. The molecule has 1 saturated heterocycles. The second-order valence-corrected chi connectivity index (χ2v) is 12.3. The third-order valence-electron chi connectivity index (χ3n) is 5.64. The van der Waals surface area contributed by atoms with Crippen LogP contribution >= 0.6 is 7.14 Å². The van der Waals surface area contributed by atoms with Crippen LogP contribution in [0.2, 0.25) is 0 Å². The maximum atomic E-state index is 13.3. The Labute approximate surface area is 169 Å². The maximum absolute atomic E-state index is 13.3. The Morgan fingerprint density at radius 2 is 1.83 bits per heavy atom. The molecule has 1 spiro atoms. The Kier molecular flexibility index (Phi) is 5.59. The molecule has 1 aromatic carbocycles. The number of amides is 2. The summed E-state index contributed by atoms with van der Waals surface area (Å²) in [5, 5.41) is 2.59. The molecule has 3 rings (SSSR count). The topological polar surface area (TPSA) is 58.6 Å². The normalized spacial score (nSPS) is 24.0. The fraction of sp³-hybridized carbons (Fsp3) is 0.650. The van der Waals surface area contributed by atoms with Crippen molar-refractivity contribution in [2.24, 2.45) is 0 Å². The van der Waals surface area contributed by atoms with Crippen molar-refractivity contribution in [1.82, 2.24) is 4.90 Å². The summed E-state index contributed by atoms with van der Waals surface area (Å²) < 4.78 is 58.6. The zero-order chi connectivity index (χ0) is 21.7. The first kappa shape index (κ1) is 22.2. The van der Waals surface area contributed by atoms with Crippen LogP contribution in [0.25, 0.3) is 0 Å². The number of hydrogen-bond acceptors (Lipinski definition) is 3. The summed E-state index contributed by atoms with van der Waals surface area (Å²) in [6.07, 6.45) is -0.516. The van der Waals surface area contributed by atoms with Crippen LogP contribution in [0.15, 0.2) is 24.3 Å². The van der Waals surface area contributed by atoms with E-state index in [0.29, 0.717) is 12.8 Å².